The predicted octanol–water partition coefficient (Wildman–Crippen LogP) is 1.87. The Morgan fingerprint density at radius 2 is 1.90 bits per heavy atom. The highest BCUT2D eigenvalue weighted by atomic mass is 16.3. The lowest BCUT2D eigenvalue weighted by Crippen LogP contribution is -2.28. The summed E-state index contributed by atoms with van der Waals surface area (Å²) in [5.41, 5.74) is 0.532. The van der Waals surface area contributed by atoms with E-state index in [1.807, 2.05) is 11.5 Å². The van der Waals surface area contributed by atoms with Crippen molar-refractivity contribution >= 4 is 0 Å². The number of likely N-dealkylation sites (tertiary alicyclic amines) is 1. The molecule has 1 saturated heterocycles. The quantitative estimate of drug-likeness (QED) is 0.870. The minimum atomic E-state index is -0.344. The molecule has 2 N–H and O–H groups in total. The number of nitrogens with zero attached hydrogens (tertiary/aromatic N) is 2. The Balaban J connectivity index is 2.27. The van der Waals surface area contributed by atoms with E-state index in [0.29, 0.717) is 6.54 Å². The number of hydrogen-bond acceptors (Lipinski definition) is 4. The normalized spacial score (nSPS) is 18.4. The zero-order valence-corrected chi connectivity index (χ0v) is 12.8. The van der Waals surface area contributed by atoms with Gasteiger partial charge in [0.2, 0.25) is 5.43 Å². The van der Waals surface area contributed by atoms with Gasteiger partial charge in [-0.25, -0.2) is 0 Å². The van der Waals surface area contributed by atoms with Gasteiger partial charge in [0.05, 0.1) is 18.8 Å². The van der Waals surface area contributed by atoms with Crippen molar-refractivity contribution in [1.82, 2.24) is 9.47 Å². The fourth-order valence-electron chi connectivity index (χ4n) is 2.98. The maximum atomic E-state index is 11.8. The molecule has 2 heterocycles. The molecule has 5 nitrogen and oxygen atoms in total. The van der Waals surface area contributed by atoms with E-state index in [-0.39, 0.29) is 23.8 Å². The maximum absolute atomic E-state index is 11.8. The first-order chi connectivity index (χ1) is 10.2. The molecule has 21 heavy (non-hydrogen) atoms. The van der Waals surface area contributed by atoms with Gasteiger partial charge in [-0.3, -0.25) is 9.69 Å². The zero-order valence-electron chi connectivity index (χ0n) is 12.8. The maximum Gasteiger partial charge on any atom is 0.223 e. The molecule has 1 unspecified atom stereocenters. The SMILES string of the molecule is CCC(CO)n1cc(O)c(=O)cc1CN1CCCCCC1. The van der Waals surface area contributed by atoms with Gasteiger partial charge in [-0.1, -0.05) is 19.8 Å². The van der Waals surface area contributed by atoms with E-state index in [1.165, 1.54) is 37.9 Å². The van der Waals surface area contributed by atoms with Crippen LogP contribution in [0.2, 0.25) is 0 Å². The van der Waals surface area contributed by atoms with E-state index in [9.17, 15) is 15.0 Å². The van der Waals surface area contributed by atoms with Gasteiger partial charge in [0.25, 0.3) is 0 Å². The molecule has 0 amide bonds. The van der Waals surface area contributed by atoms with Gasteiger partial charge in [-0.2, -0.15) is 0 Å². The van der Waals surface area contributed by atoms with Crippen LogP contribution in [0.3, 0.4) is 0 Å². The first-order valence-electron chi connectivity index (χ1n) is 7.93. The molecule has 0 bridgehead atoms. The summed E-state index contributed by atoms with van der Waals surface area (Å²) in [6, 6.07) is 1.41. The highest BCUT2D eigenvalue weighted by molar-refractivity contribution is 5.21. The lowest BCUT2D eigenvalue weighted by Gasteiger charge is -2.26. The highest BCUT2D eigenvalue weighted by Crippen LogP contribution is 2.19. The van der Waals surface area contributed by atoms with Gasteiger partial charge < -0.3 is 14.8 Å². The standard InChI is InChI=1S/C16H26N2O3/c1-2-13(12-19)18-11-16(21)15(20)9-14(18)10-17-7-5-3-4-6-8-17/h9,11,13,19,21H,2-8,10,12H2,1H3. The molecule has 1 aliphatic heterocycles. The van der Waals surface area contributed by atoms with Gasteiger partial charge >= 0.3 is 0 Å². The minimum absolute atomic E-state index is 0.00576. The number of aliphatic hydroxyl groups is 1. The summed E-state index contributed by atoms with van der Waals surface area (Å²) in [7, 11) is 0. The van der Waals surface area contributed by atoms with Crippen molar-refractivity contribution in [2.75, 3.05) is 19.7 Å². The largest absolute Gasteiger partial charge is 0.503 e. The fraction of sp³-hybridized carbons (Fsp3) is 0.688. The van der Waals surface area contributed by atoms with Crippen molar-refractivity contribution < 1.29 is 10.2 Å². The number of aliphatic hydroxyl groups excluding tert-OH is 1. The average molecular weight is 294 g/mol. The number of hydrogen-bond donors (Lipinski definition) is 2. The second kappa shape index (κ2) is 7.61. The number of aromatic hydroxyl groups is 1. The second-order valence-corrected chi connectivity index (χ2v) is 5.86. The summed E-state index contributed by atoms with van der Waals surface area (Å²) < 4.78 is 1.86. The van der Waals surface area contributed by atoms with Crippen LogP contribution in [0.4, 0.5) is 0 Å². The van der Waals surface area contributed by atoms with Gasteiger partial charge in [-0.05, 0) is 32.4 Å². The highest BCUT2D eigenvalue weighted by Gasteiger charge is 2.16. The summed E-state index contributed by atoms with van der Waals surface area (Å²) >= 11 is 0. The van der Waals surface area contributed by atoms with Crippen LogP contribution < -0.4 is 5.43 Å². The number of rotatable bonds is 5. The molecule has 1 aliphatic rings. The smallest absolute Gasteiger partial charge is 0.223 e. The van der Waals surface area contributed by atoms with Crippen LogP contribution in [0.15, 0.2) is 17.1 Å². The van der Waals surface area contributed by atoms with Crippen LogP contribution in [0.5, 0.6) is 5.75 Å². The predicted molar refractivity (Wildman–Crippen MR) is 82.5 cm³/mol. The lowest BCUT2D eigenvalue weighted by atomic mass is 10.2. The number of aromatic nitrogens is 1. The molecular weight excluding hydrogens is 268 g/mol. The van der Waals surface area contributed by atoms with E-state index < -0.39 is 0 Å². The third-order valence-corrected chi connectivity index (χ3v) is 4.30. The van der Waals surface area contributed by atoms with Gasteiger partial charge in [-0.15, -0.1) is 0 Å². The van der Waals surface area contributed by atoms with Crippen LogP contribution >= 0.6 is 0 Å². The monoisotopic (exact) mass is 294 g/mol. The molecule has 0 aromatic carbocycles. The van der Waals surface area contributed by atoms with Crippen LogP contribution in [-0.4, -0.2) is 39.4 Å². The Morgan fingerprint density at radius 1 is 1.24 bits per heavy atom. The molecule has 1 aromatic heterocycles. The summed E-state index contributed by atoms with van der Waals surface area (Å²) in [6.07, 6.45) is 7.16. The molecule has 2 rings (SSSR count). The Labute approximate surface area is 125 Å². The summed E-state index contributed by atoms with van der Waals surface area (Å²) in [5.74, 6) is -0.249. The van der Waals surface area contributed by atoms with E-state index in [4.69, 9.17) is 0 Å². The Hall–Kier alpha value is -1.33. The zero-order chi connectivity index (χ0) is 15.2. The fourth-order valence-corrected chi connectivity index (χ4v) is 2.98. The average Bonchev–Trinajstić information content (AvgIpc) is 2.74. The summed E-state index contributed by atoms with van der Waals surface area (Å²) in [6.45, 7) is 4.79. The molecule has 5 heteroatoms. The Kier molecular flexibility index (Phi) is 5.82. The van der Waals surface area contributed by atoms with Gasteiger partial charge in [0.15, 0.2) is 5.75 Å². The molecule has 1 atom stereocenters. The van der Waals surface area contributed by atoms with Crippen molar-refractivity contribution in [3.05, 3.63) is 28.2 Å². The van der Waals surface area contributed by atoms with Crippen LogP contribution in [0.25, 0.3) is 0 Å². The molecule has 1 fully saturated rings. The van der Waals surface area contributed by atoms with Gasteiger partial charge in [0, 0.05) is 18.3 Å². The third kappa shape index (κ3) is 4.08. The minimum Gasteiger partial charge on any atom is -0.503 e. The molecule has 0 aliphatic carbocycles. The molecule has 0 saturated carbocycles. The van der Waals surface area contributed by atoms with Crippen molar-refractivity contribution in [2.45, 2.75) is 51.6 Å². The van der Waals surface area contributed by atoms with Crippen molar-refractivity contribution in [2.24, 2.45) is 0 Å². The van der Waals surface area contributed by atoms with Crippen molar-refractivity contribution in [3.63, 3.8) is 0 Å². The Morgan fingerprint density at radius 3 is 2.48 bits per heavy atom. The first kappa shape index (κ1) is 16.0. The van der Waals surface area contributed by atoms with E-state index >= 15 is 0 Å². The summed E-state index contributed by atoms with van der Waals surface area (Å²) in [5, 5.41) is 19.2. The van der Waals surface area contributed by atoms with Crippen molar-refractivity contribution in [1.29, 1.82) is 0 Å². The van der Waals surface area contributed by atoms with Crippen LogP contribution in [0.1, 0.15) is 50.8 Å². The van der Waals surface area contributed by atoms with E-state index in [2.05, 4.69) is 4.90 Å². The molecule has 0 radical (unpaired) electrons. The van der Waals surface area contributed by atoms with E-state index in [0.717, 1.165) is 25.2 Å². The van der Waals surface area contributed by atoms with Crippen molar-refractivity contribution in [3.8, 4) is 5.75 Å². The third-order valence-electron chi connectivity index (χ3n) is 4.30. The topological polar surface area (TPSA) is 65.7 Å². The Bertz CT molecular complexity index is 501. The molecule has 0 spiro atoms. The molecule has 118 valence electrons. The van der Waals surface area contributed by atoms with E-state index in [1.54, 1.807) is 0 Å². The van der Waals surface area contributed by atoms with Gasteiger partial charge in [0.1, 0.15) is 0 Å². The summed E-state index contributed by atoms with van der Waals surface area (Å²) in [4.78, 5) is 14.1. The number of pyridine rings is 1. The second-order valence-electron chi connectivity index (χ2n) is 5.86. The molecular formula is C16H26N2O3. The first-order valence-corrected chi connectivity index (χ1v) is 7.93. The van der Waals surface area contributed by atoms with Crippen LogP contribution in [-0.2, 0) is 6.54 Å². The lowest BCUT2D eigenvalue weighted by molar-refractivity contribution is 0.211. The molecule has 1 aromatic rings. The van der Waals surface area contributed by atoms with Crippen LogP contribution in [0, 0.1) is 0 Å².